The number of carbonyl (C=O) groups is 4. The van der Waals surface area contributed by atoms with E-state index in [4.69, 9.17) is 15.0 Å². The predicted molar refractivity (Wildman–Crippen MR) is 47.9 cm³/mol. The van der Waals surface area contributed by atoms with E-state index in [1.54, 1.807) is 0 Å². The average molecular weight is 220 g/mol. The Hall–Kier alpha value is -2.12. The number of hydrogen-bond donors (Lipinski definition) is 4. The molecule has 0 unspecified atom stereocenters. The van der Waals surface area contributed by atoms with Gasteiger partial charge in [0.05, 0.1) is 0 Å². The number of primary amides is 2. The summed E-state index contributed by atoms with van der Waals surface area (Å²) in [4.78, 5) is 39.1. The highest BCUT2D eigenvalue weighted by molar-refractivity contribution is 6.32. The number of ketones is 1. The Labute approximate surface area is 84.8 Å². The highest BCUT2D eigenvalue weighted by Crippen LogP contribution is 1.96. The van der Waals surface area contributed by atoms with Crippen LogP contribution in [0.3, 0.4) is 0 Å². The third-order valence-corrected chi connectivity index (χ3v) is 1.03. The Morgan fingerprint density at radius 3 is 1.60 bits per heavy atom. The van der Waals surface area contributed by atoms with Crippen molar-refractivity contribution in [2.24, 2.45) is 11.5 Å². The molecule has 0 aliphatic carbocycles. The van der Waals surface area contributed by atoms with Crippen molar-refractivity contribution in [1.82, 2.24) is 0 Å². The standard InChI is InChI=1S/C6H8O5.CH4N2O/c7-4(6(10)11)2-1-3-5(8)9;2-1(3)4/h1-3H2,(H,8,9)(H,10,11);(H4,2,3,4). The fourth-order valence-corrected chi connectivity index (χ4v) is 0.507. The van der Waals surface area contributed by atoms with Gasteiger partial charge in [-0.05, 0) is 6.42 Å². The van der Waals surface area contributed by atoms with Crippen molar-refractivity contribution >= 4 is 23.8 Å². The first-order valence-corrected chi connectivity index (χ1v) is 3.80. The van der Waals surface area contributed by atoms with E-state index in [1.165, 1.54) is 0 Å². The van der Waals surface area contributed by atoms with Crippen LogP contribution in [0.15, 0.2) is 0 Å². The molecule has 0 saturated heterocycles. The molecule has 0 spiro atoms. The summed E-state index contributed by atoms with van der Waals surface area (Å²) >= 11 is 0. The minimum absolute atomic E-state index is 0.0838. The van der Waals surface area contributed by atoms with E-state index < -0.39 is 23.8 Å². The number of nitrogens with two attached hydrogens (primary N) is 2. The van der Waals surface area contributed by atoms with Crippen LogP contribution in [0.2, 0.25) is 0 Å². The van der Waals surface area contributed by atoms with E-state index in [1.807, 2.05) is 0 Å². The summed E-state index contributed by atoms with van der Waals surface area (Å²) in [5, 5.41) is 16.2. The van der Waals surface area contributed by atoms with Crippen molar-refractivity contribution in [3.63, 3.8) is 0 Å². The van der Waals surface area contributed by atoms with Gasteiger partial charge in [-0.1, -0.05) is 0 Å². The van der Waals surface area contributed by atoms with Gasteiger partial charge >= 0.3 is 18.0 Å². The van der Waals surface area contributed by atoms with Crippen LogP contribution in [0.25, 0.3) is 0 Å². The number of Topliss-reactive ketones (excluding diaryl/α,β-unsaturated/α-hetero) is 1. The molecule has 0 aliphatic heterocycles. The summed E-state index contributed by atoms with van der Waals surface area (Å²) in [6.45, 7) is 0. The summed E-state index contributed by atoms with van der Waals surface area (Å²) in [5.74, 6) is -3.47. The molecule has 0 aromatic carbocycles. The molecular weight excluding hydrogens is 208 g/mol. The van der Waals surface area contributed by atoms with E-state index in [0.29, 0.717) is 0 Å². The topological polar surface area (TPSA) is 161 Å². The van der Waals surface area contributed by atoms with Gasteiger partial charge in [-0.25, -0.2) is 9.59 Å². The monoisotopic (exact) mass is 220 g/mol. The van der Waals surface area contributed by atoms with Gasteiger partial charge in [0.2, 0.25) is 5.78 Å². The first kappa shape index (κ1) is 15.4. The lowest BCUT2D eigenvalue weighted by molar-refractivity contribution is -0.149. The minimum atomic E-state index is -1.50. The Morgan fingerprint density at radius 2 is 1.33 bits per heavy atom. The summed E-state index contributed by atoms with van der Waals surface area (Å²) < 4.78 is 0. The van der Waals surface area contributed by atoms with Crippen molar-refractivity contribution in [2.45, 2.75) is 19.3 Å². The smallest absolute Gasteiger partial charge is 0.372 e. The number of aliphatic carboxylic acids is 2. The van der Waals surface area contributed by atoms with Gasteiger partial charge in [-0.2, -0.15) is 0 Å². The van der Waals surface area contributed by atoms with Gasteiger partial charge in [0.1, 0.15) is 0 Å². The third-order valence-electron chi connectivity index (χ3n) is 1.03. The van der Waals surface area contributed by atoms with E-state index in [9.17, 15) is 14.4 Å². The van der Waals surface area contributed by atoms with E-state index >= 15 is 0 Å². The number of rotatable bonds is 5. The lowest BCUT2D eigenvalue weighted by Crippen LogP contribution is -2.18. The molecule has 0 saturated carbocycles. The highest BCUT2D eigenvalue weighted by Gasteiger charge is 2.10. The van der Waals surface area contributed by atoms with Crippen LogP contribution in [0, 0.1) is 0 Å². The van der Waals surface area contributed by atoms with Crippen molar-refractivity contribution in [2.75, 3.05) is 0 Å². The maximum Gasteiger partial charge on any atom is 0.372 e. The number of carboxylic acids is 2. The summed E-state index contributed by atoms with van der Waals surface area (Å²) in [5.41, 5.74) is 8.50. The lowest BCUT2D eigenvalue weighted by atomic mass is 10.2. The fraction of sp³-hybridized carbons (Fsp3) is 0.429. The molecule has 6 N–H and O–H groups in total. The Balaban J connectivity index is 0. The van der Waals surface area contributed by atoms with Crippen LogP contribution in [-0.2, 0) is 14.4 Å². The van der Waals surface area contributed by atoms with Gasteiger partial charge in [0.15, 0.2) is 0 Å². The molecule has 86 valence electrons. The molecule has 2 amide bonds. The number of carbonyl (C=O) groups excluding carboxylic acids is 2. The predicted octanol–water partition coefficient (Wildman–Crippen LogP) is -1.08. The summed E-state index contributed by atoms with van der Waals surface area (Å²) in [7, 11) is 0. The molecular formula is C7H12N2O6. The molecule has 0 aromatic heterocycles. The molecule has 0 rings (SSSR count). The fourth-order valence-electron chi connectivity index (χ4n) is 0.507. The average Bonchev–Trinajstić information content (AvgIpc) is 2.01. The summed E-state index contributed by atoms with van der Waals surface area (Å²) in [6, 6.07) is -0.833. The van der Waals surface area contributed by atoms with Crippen molar-refractivity contribution in [3.8, 4) is 0 Å². The zero-order chi connectivity index (χ0) is 12.4. The van der Waals surface area contributed by atoms with E-state index in [-0.39, 0.29) is 19.3 Å². The molecule has 8 heteroatoms. The van der Waals surface area contributed by atoms with Gasteiger partial charge < -0.3 is 21.7 Å². The first-order chi connectivity index (χ1) is 6.77. The molecule has 0 bridgehead atoms. The summed E-state index contributed by atoms with van der Waals surface area (Å²) in [6.07, 6.45) is -0.291. The highest BCUT2D eigenvalue weighted by atomic mass is 16.4. The second-order valence-electron chi connectivity index (χ2n) is 2.38. The van der Waals surface area contributed by atoms with Crippen LogP contribution in [0.1, 0.15) is 19.3 Å². The maximum absolute atomic E-state index is 10.3. The normalized spacial score (nSPS) is 8.27. The minimum Gasteiger partial charge on any atom is -0.481 e. The molecule has 15 heavy (non-hydrogen) atoms. The van der Waals surface area contributed by atoms with Crippen LogP contribution in [0.4, 0.5) is 4.79 Å². The van der Waals surface area contributed by atoms with Gasteiger partial charge in [-0.3, -0.25) is 9.59 Å². The van der Waals surface area contributed by atoms with Gasteiger partial charge in [0.25, 0.3) is 0 Å². The van der Waals surface area contributed by atoms with E-state index in [0.717, 1.165) is 0 Å². The maximum atomic E-state index is 10.3. The number of hydrogen-bond acceptors (Lipinski definition) is 4. The number of amides is 2. The third kappa shape index (κ3) is 18.7. The molecule has 0 atom stereocenters. The largest absolute Gasteiger partial charge is 0.481 e. The molecule has 8 nitrogen and oxygen atoms in total. The molecule has 0 fully saturated rings. The number of urea groups is 1. The molecule has 0 radical (unpaired) electrons. The van der Waals surface area contributed by atoms with Crippen molar-refractivity contribution < 1.29 is 29.4 Å². The Morgan fingerprint density at radius 1 is 0.933 bits per heavy atom. The zero-order valence-electron chi connectivity index (χ0n) is 7.80. The van der Waals surface area contributed by atoms with Crippen LogP contribution in [-0.4, -0.2) is 34.0 Å². The van der Waals surface area contributed by atoms with Crippen LogP contribution in [0.5, 0.6) is 0 Å². The second kappa shape index (κ2) is 8.48. The second-order valence-corrected chi connectivity index (χ2v) is 2.38. The molecule has 0 aromatic rings. The first-order valence-electron chi connectivity index (χ1n) is 3.80. The SMILES string of the molecule is NC(N)=O.O=C(O)CCCC(=O)C(=O)O. The molecule has 0 heterocycles. The lowest BCUT2D eigenvalue weighted by Gasteiger charge is -1.91. The van der Waals surface area contributed by atoms with Gasteiger partial charge in [0, 0.05) is 12.8 Å². The van der Waals surface area contributed by atoms with E-state index in [2.05, 4.69) is 11.5 Å². The Bertz CT molecular complexity index is 258. The Kier molecular flexibility index (Phi) is 8.68. The number of carboxylic acid groups (broad SMARTS) is 2. The zero-order valence-corrected chi connectivity index (χ0v) is 7.80. The van der Waals surface area contributed by atoms with Crippen molar-refractivity contribution in [3.05, 3.63) is 0 Å². The van der Waals surface area contributed by atoms with Crippen LogP contribution >= 0.6 is 0 Å². The van der Waals surface area contributed by atoms with Crippen LogP contribution < -0.4 is 11.5 Å². The molecule has 0 aliphatic rings. The van der Waals surface area contributed by atoms with Gasteiger partial charge in [-0.15, -0.1) is 0 Å². The quantitative estimate of drug-likeness (QED) is 0.431. The van der Waals surface area contributed by atoms with Crippen molar-refractivity contribution in [1.29, 1.82) is 0 Å².